The summed E-state index contributed by atoms with van der Waals surface area (Å²) in [5.41, 5.74) is 1.05. The molecule has 1 aliphatic carbocycles. The van der Waals surface area contributed by atoms with Gasteiger partial charge in [-0.2, -0.15) is 5.26 Å². The lowest BCUT2D eigenvalue weighted by Gasteiger charge is -2.16. The summed E-state index contributed by atoms with van der Waals surface area (Å²) in [6, 6.07) is 13.3. The van der Waals surface area contributed by atoms with Gasteiger partial charge < -0.3 is 9.47 Å². The molecule has 1 saturated carbocycles. The van der Waals surface area contributed by atoms with Crippen LogP contribution in [0.5, 0.6) is 5.75 Å². The Kier molecular flexibility index (Phi) is 6.22. The van der Waals surface area contributed by atoms with Crippen LogP contribution in [-0.4, -0.2) is 23.8 Å². The quantitative estimate of drug-likeness (QED) is 0.378. The number of nitriles is 1. The molecule has 4 rings (SSSR count). The van der Waals surface area contributed by atoms with Crippen molar-refractivity contribution >= 4 is 16.7 Å². The van der Waals surface area contributed by atoms with Crippen molar-refractivity contribution in [3.05, 3.63) is 64.3 Å². The second kappa shape index (κ2) is 9.23. The van der Waals surface area contributed by atoms with Gasteiger partial charge in [-0.05, 0) is 62.1 Å². The molecule has 0 spiro atoms. The highest BCUT2D eigenvalue weighted by molar-refractivity contribution is 5.99. The fourth-order valence-electron chi connectivity index (χ4n) is 3.85. The van der Waals surface area contributed by atoms with Gasteiger partial charge in [-0.1, -0.05) is 12.1 Å². The van der Waals surface area contributed by atoms with Crippen molar-refractivity contribution in [2.24, 2.45) is 0 Å². The van der Waals surface area contributed by atoms with E-state index in [0.29, 0.717) is 47.3 Å². The summed E-state index contributed by atoms with van der Waals surface area (Å²) in [4.78, 5) is 24.7. The smallest absolute Gasteiger partial charge is 0.305 e. The van der Waals surface area contributed by atoms with E-state index in [0.717, 1.165) is 12.8 Å². The van der Waals surface area contributed by atoms with Crippen molar-refractivity contribution < 1.29 is 18.7 Å². The Morgan fingerprint density at radius 3 is 2.72 bits per heavy atom. The van der Waals surface area contributed by atoms with Crippen LogP contribution in [0.2, 0.25) is 0 Å². The van der Waals surface area contributed by atoms with Crippen LogP contribution in [-0.2, 0) is 9.53 Å². The van der Waals surface area contributed by atoms with E-state index < -0.39 is 5.82 Å². The van der Waals surface area contributed by atoms with Crippen LogP contribution in [0, 0.1) is 17.1 Å². The molecule has 7 heteroatoms. The Hall–Kier alpha value is -3.66. The summed E-state index contributed by atoms with van der Waals surface area (Å²) in [5, 5.41) is 10.9. The van der Waals surface area contributed by atoms with Crippen molar-refractivity contribution in [1.29, 1.82) is 5.26 Å². The van der Waals surface area contributed by atoms with Gasteiger partial charge in [-0.3, -0.25) is 14.2 Å². The lowest BCUT2D eigenvalue weighted by Crippen LogP contribution is -2.23. The molecule has 32 heavy (non-hydrogen) atoms. The van der Waals surface area contributed by atoms with Crippen LogP contribution in [0.25, 0.3) is 21.9 Å². The van der Waals surface area contributed by atoms with E-state index in [9.17, 15) is 19.2 Å². The lowest BCUT2D eigenvalue weighted by molar-refractivity contribution is -0.143. The number of halogens is 1. The van der Waals surface area contributed by atoms with Gasteiger partial charge in [0.2, 0.25) is 0 Å². The number of carbonyl (C=O) groups excluding carboxylic acids is 1. The van der Waals surface area contributed by atoms with E-state index in [1.54, 1.807) is 41.8 Å². The van der Waals surface area contributed by atoms with E-state index in [2.05, 4.69) is 6.07 Å². The van der Waals surface area contributed by atoms with Crippen LogP contribution in [0.4, 0.5) is 4.39 Å². The molecule has 0 atom stereocenters. The van der Waals surface area contributed by atoms with Crippen LogP contribution >= 0.6 is 0 Å². The second-order valence-corrected chi connectivity index (χ2v) is 7.72. The van der Waals surface area contributed by atoms with Crippen LogP contribution in [0.3, 0.4) is 0 Å². The average Bonchev–Trinajstić information content (AvgIpc) is 3.61. The summed E-state index contributed by atoms with van der Waals surface area (Å²) in [6.45, 7) is 2.39. The number of esters is 1. The first-order valence-electron chi connectivity index (χ1n) is 10.7. The first kappa shape index (κ1) is 21.6. The van der Waals surface area contributed by atoms with Crippen molar-refractivity contribution in [3.8, 4) is 22.9 Å². The highest BCUT2D eigenvalue weighted by Gasteiger charge is 2.30. The number of carbonyl (C=O) groups is 1. The molecule has 164 valence electrons. The zero-order valence-electron chi connectivity index (χ0n) is 17.8. The molecule has 0 amide bonds. The fraction of sp³-hybridized carbons (Fsp3) is 0.320. The molecular weight excluding hydrogens is 411 g/mol. The maximum Gasteiger partial charge on any atom is 0.305 e. The molecule has 0 radical (unpaired) electrons. The van der Waals surface area contributed by atoms with Gasteiger partial charge in [0.1, 0.15) is 23.3 Å². The monoisotopic (exact) mass is 434 g/mol. The van der Waals surface area contributed by atoms with Gasteiger partial charge >= 0.3 is 5.97 Å². The van der Waals surface area contributed by atoms with Gasteiger partial charge in [0, 0.05) is 28.8 Å². The topological polar surface area (TPSA) is 81.3 Å². The molecule has 0 saturated heterocycles. The zero-order chi connectivity index (χ0) is 22.7. The van der Waals surface area contributed by atoms with Crippen LogP contribution in [0.15, 0.2) is 47.3 Å². The largest absolute Gasteiger partial charge is 0.494 e. The zero-order valence-corrected chi connectivity index (χ0v) is 17.8. The first-order chi connectivity index (χ1) is 15.5. The highest BCUT2D eigenvalue weighted by Crippen LogP contribution is 2.39. The fourth-order valence-corrected chi connectivity index (χ4v) is 3.85. The van der Waals surface area contributed by atoms with Gasteiger partial charge in [0.05, 0.1) is 13.2 Å². The minimum absolute atomic E-state index is 0.00679. The number of nitrogens with zero attached hydrogens (tertiary/aromatic N) is 2. The molecule has 1 fully saturated rings. The third kappa shape index (κ3) is 4.35. The van der Waals surface area contributed by atoms with Crippen molar-refractivity contribution in [2.45, 2.75) is 38.6 Å². The highest BCUT2D eigenvalue weighted by atomic mass is 19.1. The normalized spacial score (nSPS) is 13.0. The number of aromatic nitrogens is 1. The van der Waals surface area contributed by atoms with Crippen LogP contribution < -0.4 is 10.3 Å². The van der Waals surface area contributed by atoms with Crippen molar-refractivity contribution in [3.63, 3.8) is 0 Å². The second-order valence-electron chi connectivity index (χ2n) is 7.72. The maximum atomic E-state index is 14.0. The maximum absolute atomic E-state index is 14.0. The van der Waals surface area contributed by atoms with Crippen LogP contribution in [0.1, 0.15) is 44.3 Å². The van der Waals surface area contributed by atoms with E-state index >= 15 is 0 Å². The average molecular weight is 434 g/mol. The third-order valence-electron chi connectivity index (χ3n) is 5.42. The summed E-state index contributed by atoms with van der Waals surface area (Å²) < 4.78 is 26.3. The molecule has 0 unspecified atom stereocenters. The molecule has 1 aliphatic rings. The Morgan fingerprint density at radius 1 is 1.22 bits per heavy atom. The Labute approximate surface area is 184 Å². The minimum Gasteiger partial charge on any atom is -0.494 e. The molecule has 2 aromatic carbocycles. The van der Waals surface area contributed by atoms with E-state index in [-0.39, 0.29) is 29.7 Å². The number of hydrogen-bond acceptors (Lipinski definition) is 5. The molecule has 1 aromatic heterocycles. The van der Waals surface area contributed by atoms with Crippen molar-refractivity contribution in [2.75, 3.05) is 13.2 Å². The van der Waals surface area contributed by atoms with Gasteiger partial charge in [0.25, 0.3) is 5.56 Å². The number of ether oxygens (including phenoxy) is 2. The van der Waals surface area contributed by atoms with Crippen molar-refractivity contribution in [1.82, 2.24) is 4.57 Å². The summed E-state index contributed by atoms with van der Waals surface area (Å²) in [5.74, 6) is -0.191. The lowest BCUT2D eigenvalue weighted by atomic mass is 9.96. The van der Waals surface area contributed by atoms with E-state index in [1.807, 2.05) is 0 Å². The third-order valence-corrected chi connectivity index (χ3v) is 5.42. The molecule has 6 nitrogen and oxygen atoms in total. The summed E-state index contributed by atoms with van der Waals surface area (Å²) >= 11 is 0. The number of benzene rings is 2. The first-order valence-corrected chi connectivity index (χ1v) is 10.7. The molecule has 1 heterocycles. The SMILES string of the molecule is CCOC(=O)CCCOc1ccc2c(=O)n(C3CC3)c(C#N)c(-c3cccc(F)c3)c2c1. The Bertz CT molecular complexity index is 1270. The summed E-state index contributed by atoms with van der Waals surface area (Å²) in [6.07, 6.45) is 2.41. The summed E-state index contributed by atoms with van der Waals surface area (Å²) in [7, 11) is 0. The number of rotatable bonds is 8. The molecule has 0 N–H and O–H groups in total. The standard InChI is InChI=1S/C25H23FN2O4/c1-2-31-23(29)7-4-12-32-19-10-11-20-21(14-19)24(16-5-3-6-17(26)13-16)22(15-27)28(25(20)30)18-8-9-18/h3,5-6,10-11,13-14,18H,2,4,7-9,12H2,1H3. The number of pyridine rings is 1. The molecule has 3 aromatic rings. The van der Waals surface area contributed by atoms with E-state index in [1.165, 1.54) is 12.1 Å². The molecular formula is C25H23FN2O4. The Balaban J connectivity index is 1.76. The van der Waals surface area contributed by atoms with Gasteiger partial charge in [-0.25, -0.2) is 4.39 Å². The molecule has 0 bridgehead atoms. The van der Waals surface area contributed by atoms with E-state index in [4.69, 9.17) is 9.47 Å². The number of hydrogen-bond donors (Lipinski definition) is 0. The minimum atomic E-state index is -0.421. The van der Waals surface area contributed by atoms with Gasteiger partial charge in [0.15, 0.2) is 0 Å². The molecule has 0 aliphatic heterocycles. The predicted octanol–water partition coefficient (Wildman–Crippen LogP) is 4.74. The number of fused-ring (bicyclic) bond motifs is 1. The van der Waals surface area contributed by atoms with Gasteiger partial charge in [-0.15, -0.1) is 0 Å². The Morgan fingerprint density at radius 2 is 2.03 bits per heavy atom. The predicted molar refractivity (Wildman–Crippen MR) is 118 cm³/mol.